The number of hydrogen-bond acceptors (Lipinski definition) is 4. The first-order valence-electron chi connectivity index (χ1n) is 6.74. The van der Waals surface area contributed by atoms with Crippen molar-refractivity contribution in [1.82, 2.24) is 15.3 Å². The van der Waals surface area contributed by atoms with Gasteiger partial charge in [0, 0.05) is 18.7 Å². The van der Waals surface area contributed by atoms with Crippen LogP contribution in [0.1, 0.15) is 43.0 Å². The second-order valence-corrected chi connectivity index (χ2v) is 5.02. The van der Waals surface area contributed by atoms with Crippen LogP contribution in [0.2, 0.25) is 0 Å². The molecule has 1 aromatic rings. The van der Waals surface area contributed by atoms with Crippen LogP contribution in [-0.4, -0.2) is 23.1 Å². The number of nitrogens with one attached hydrogen (secondary N) is 2. The van der Waals surface area contributed by atoms with E-state index in [1.165, 1.54) is 12.8 Å². The Labute approximate surface area is 106 Å². The monoisotopic (exact) mass is 249 g/mol. The molecular formula is C13H19N3O2. The number of aromatic nitrogens is 2. The lowest BCUT2D eigenvalue weighted by molar-refractivity contribution is 0.0396. The molecule has 2 N–H and O–H groups in total. The third-order valence-electron chi connectivity index (χ3n) is 3.63. The lowest BCUT2D eigenvalue weighted by atomic mass is 10.1. The van der Waals surface area contributed by atoms with Crippen molar-refractivity contribution in [2.45, 2.75) is 38.8 Å². The van der Waals surface area contributed by atoms with Crippen LogP contribution in [-0.2, 0) is 17.7 Å². The number of rotatable bonds is 4. The summed E-state index contributed by atoms with van der Waals surface area (Å²) in [6, 6.07) is 0. The first kappa shape index (κ1) is 11.9. The third-order valence-corrected chi connectivity index (χ3v) is 3.63. The van der Waals surface area contributed by atoms with Crippen LogP contribution in [0, 0.1) is 5.92 Å². The zero-order valence-electron chi connectivity index (χ0n) is 10.7. The zero-order chi connectivity index (χ0) is 12.5. The number of nitrogens with zero attached hydrogens (tertiary/aromatic N) is 1. The summed E-state index contributed by atoms with van der Waals surface area (Å²) in [4.78, 5) is 19.6. The first-order chi connectivity index (χ1) is 8.79. The molecule has 0 bridgehead atoms. The fraction of sp³-hybridized carbons (Fsp3) is 0.692. The van der Waals surface area contributed by atoms with Crippen LogP contribution in [0.5, 0.6) is 0 Å². The smallest absolute Gasteiger partial charge is 0.254 e. The van der Waals surface area contributed by atoms with Gasteiger partial charge in [-0.2, -0.15) is 0 Å². The lowest BCUT2D eigenvalue weighted by Gasteiger charge is -2.20. The van der Waals surface area contributed by atoms with Crippen molar-refractivity contribution in [1.29, 1.82) is 0 Å². The highest BCUT2D eigenvalue weighted by Crippen LogP contribution is 2.42. The second kappa shape index (κ2) is 4.82. The van der Waals surface area contributed by atoms with E-state index in [4.69, 9.17) is 4.74 Å². The van der Waals surface area contributed by atoms with E-state index in [-0.39, 0.29) is 11.7 Å². The molecule has 0 spiro atoms. The highest BCUT2D eigenvalue weighted by Gasteiger charge is 2.35. The van der Waals surface area contributed by atoms with Gasteiger partial charge >= 0.3 is 0 Å². The maximum absolute atomic E-state index is 12.1. The van der Waals surface area contributed by atoms with Gasteiger partial charge in [0.2, 0.25) is 0 Å². The van der Waals surface area contributed by atoms with Gasteiger partial charge in [-0.25, -0.2) is 4.98 Å². The number of ether oxygens (including phenoxy) is 1. The van der Waals surface area contributed by atoms with Gasteiger partial charge in [-0.1, -0.05) is 0 Å². The highest BCUT2D eigenvalue weighted by atomic mass is 16.5. The average molecular weight is 249 g/mol. The Morgan fingerprint density at radius 1 is 1.50 bits per heavy atom. The van der Waals surface area contributed by atoms with Crippen molar-refractivity contribution < 1.29 is 4.74 Å². The van der Waals surface area contributed by atoms with Crippen molar-refractivity contribution in [3.05, 3.63) is 27.4 Å². The van der Waals surface area contributed by atoms with Crippen LogP contribution in [0.25, 0.3) is 0 Å². The Morgan fingerprint density at radius 3 is 3.06 bits per heavy atom. The second-order valence-electron chi connectivity index (χ2n) is 5.02. The van der Waals surface area contributed by atoms with Gasteiger partial charge in [0.05, 0.1) is 5.69 Å². The van der Waals surface area contributed by atoms with E-state index in [1.807, 2.05) is 6.92 Å². The minimum absolute atomic E-state index is 0.0156. The molecule has 5 nitrogen and oxygen atoms in total. The molecule has 2 aliphatic rings. The number of fused-ring (bicyclic) bond motifs is 1. The van der Waals surface area contributed by atoms with Gasteiger partial charge in [-0.05, 0) is 38.6 Å². The molecule has 1 atom stereocenters. The zero-order valence-corrected chi connectivity index (χ0v) is 10.7. The first-order valence-corrected chi connectivity index (χ1v) is 6.74. The van der Waals surface area contributed by atoms with Crippen molar-refractivity contribution in [3.63, 3.8) is 0 Å². The summed E-state index contributed by atoms with van der Waals surface area (Å²) < 4.78 is 5.74. The van der Waals surface area contributed by atoms with Crippen molar-refractivity contribution >= 4 is 0 Å². The number of aromatic amines is 1. The largest absolute Gasteiger partial charge is 0.370 e. The molecule has 5 heteroatoms. The molecule has 0 amide bonds. The molecular weight excluding hydrogens is 230 g/mol. The maximum atomic E-state index is 12.1. The van der Waals surface area contributed by atoms with E-state index in [1.54, 1.807) is 0 Å². The summed E-state index contributed by atoms with van der Waals surface area (Å²) in [6.07, 6.45) is 3.07. The van der Waals surface area contributed by atoms with Crippen molar-refractivity contribution in [2.75, 3.05) is 13.2 Å². The fourth-order valence-electron chi connectivity index (χ4n) is 2.54. The van der Waals surface area contributed by atoms with Crippen LogP contribution in [0.15, 0.2) is 4.79 Å². The summed E-state index contributed by atoms with van der Waals surface area (Å²) in [5.41, 5.74) is 1.75. The molecule has 1 aromatic heterocycles. The van der Waals surface area contributed by atoms with E-state index in [0.717, 1.165) is 24.2 Å². The summed E-state index contributed by atoms with van der Waals surface area (Å²) in [7, 11) is 0. The van der Waals surface area contributed by atoms with Crippen molar-refractivity contribution in [3.8, 4) is 0 Å². The molecule has 18 heavy (non-hydrogen) atoms. The Kier molecular flexibility index (Phi) is 3.18. The summed E-state index contributed by atoms with van der Waals surface area (Å²) >= 11 is 0. The summed E-state index contributed by atoms with van der Waals surface area (Å²) in [6.45, 7) is 4.18. The summed E-state index contributed by atoms with van der Waals surface area (Å²) in [5.74, 6) is 1.24. The molecule has 0 radical (unpaired) electrons. The van der Waals surface area contributed by atoms with Gasteiger partial charge < -0.3 is 15.0 Å². The van der Waals surface area contributed by atoms with Crippen LogP contribution >= 0.6 is 0 Å². The highest BCUT2D eigenvalue weighted by molar-refractivity contribution is 5.21. The normalized spacial score (nSPS) is 20.5. The molecule has 1 saturated carbocycles. The minimum Gasteiger partial charge on any atom is -0.370 e. The van der Waals surface area contributed by atoms with Gasteiger partial charge in [0.15, 0.2) is 0 Å². The molecule has 1 aliphatic carbocycles. The predicted molar refractivity (Wildman–Crippen MR) is 67.4 cm³/mol. The lowest BCUT2D eigenvalue weighted by Crippen LogP contribution is -2.32. The molecule has 1 unspecified atom stereocenters. The van der Waals surface area contributed by atoms with Crippen LogP contribution < -0.4 is 10.9 Å². The van der Waals surface area contributed by atoms with E-state index >= 15 is 0 Å². The van der Waals surface area contributed by atoms with Crippen molar-refractivity contribution in [2.24, 2.45) is 5.92 Å². The number of H-pyrrole nitrogens is 1. The van der Waals surface area contributed by atoms with E-state index in [0.29, 0.717) is 24.9 Å². The minimum atomic E-state index is -0.0325. The van der Waals surface area contributed by atoms with Gasteiger partial charge in [-0.15, -0.1) is 0 Å². The van der Waals surface area contributed by atoms with E-state index in [2.05, 4.69) is 15.3 Å². The van der Waals surface area contributed by atoms with Crippen LogP contribution in [0.3, 0.4) is 0 Å². The standard InChI is InChI=1S/C13H19N3O2/c1-2-18-11(8-3-4-8)12-15-10-7-14-6-5-9(10)13(17)16-12/h8,11,14H,2-7H2,1H3,(H,15,16,17). The third kappa shape index (κ3) is 2.20. The maximum Gasteiger partial charge on any atom is 0.254 e. The molecule has 98 valence electrons. The Balaban J connectivity index is 1.96. The molecule has 0 saturated heterocycles. The Hall–Kier alpha value is -1.20. The molecule has 1 fully saturated rings. The fourth-order valence-corrected chi connectivity index (χ4v) is 2.54. The molecule has 2 heterocycles. The summed E-state index contributed by atoms with van der Waals surface area (Å²) in [5, 5.41) is 3.26. The quantitative estimate of drug-likeness (QED) is 0.832. The van der Waals surface area contributed by atoms with E-state index in [9.17, 15) is 4.79 Å². The number of hydrogen-bond donors (Lipinski definition) is 2. The van der Waals surface area contributed by atoms with Gasteiger partial charge in [-0.3, -0.25) is 4.79 Å². The Morgan fingerprint density at radius 2 is 2.33 bits per heavy atom. The topological polar surface area (TPSA) is 67.0 Å². The molecule has 3 rings (SSSR count). The average Bonchev–Trinajstić information content (AvgIpc) is 3.20. The predicted octanol–water partition coefficient (Wildman–Crippen LogP) is 0.903. The van der Waals surface area contributed by atoms with Gasteiger partial charge in [0.1, 0.15) is 11.9 Å². The van der Waals surface area contributed by atoms with E-state index < -0.39 is 0 Å². The molecule has 0 aromatic carbocycles. The SMILES string of the molecule is CCOC(c1nc2c(c(=O)[nH]1)CCNC2)C1CC1. The Bertz CT molecular complexity index is 493. The van der Waals surface area contributed by atoms with Gasteiger partial charge in [0.25, 0.3) is 5.56 Å². The molecule has 1 aliphatic heterocycles. The van der Waals surface area contributed by atoms with Crippen LogP contribution in [0.4, 0.5) is 0 Å².